The van der Waals surface area contributed by atoms with E-state index in [-0.39, 0.29) is 5.69 Å². The fourth-order valence-corrected chi connectivity index (χ4v) is 3.68. The Morgan fingerprint density at radius 1 is 0.848 bits per heavy atom. The molecule has 0 radical (unpaired) electrons. The van der Waals surface area contributed by atoms with Crippen LogP contribution in [0.5, 0.6) is 0 Å². The Morgan fingerprint density at radius 3 is 2.42 bits per heavy atom. The lowest BCUT2D eigenvalue weighted by molar-refractivity contribution is -0.137. The van der Waals surface area contributed by atoms with Crippen molar-refractivity contribution in [1.29, 1.82) is 0 Å². The molecule has 0 amide bonds. The molecule has 5 nitrogen and oxygen atoms in total. The Kier molecular flexibility index (Phi) is 4.81. The Morgan fingerprint density at radius 2 is 1.67 bits per heavy atom. The Labute approximate surface area is 184 Å². The maximum atomic E-state index is 13.3. The highest BCUT2D eigenvalue weighted by Gasteiger charge is 2.30. The molecular weight excluding hydrogens is 436 g/mol. The van der Waals surface area contributed by atoms with Crippen molar-refractivity contribution in [3.63, 3.8) is 0 Å². The number of rotatable bonds is 3. The first-order chi connectivity index (χ1) is 15.8. The molecule has 0 bridgehead atoms. The molecule has 164 valence electrons. The van der Waals surface area contributed by atoms with E-state index in [2.05, 4.69) is 15.3 Å². The van der Waals surface area contributed by atoms with Crippen LogP contribution < -0.4 is 10.9 Å². The molecular formula is C24H14F4N4O. The Bertz CT molecular complexity index is 1560. The topological polar surface area (TPSA) is 59.8 Å². The van der Waals surface area contributed by atoms with E-state index in [0.717, 1.165) is 12.1 Å². The van der Waals surface area contributed by atoms with Gasteiger partial charge in [-0.3, -0.25) is 14.3 Å². The summed E-state index contributed by atoms with van der Waals surface area (Å²) in [5.41, 5.74) is 0.888. The molecule has 3 aromatic heterocycles. The molecule has 5 aromatic rings. The van der Waals surface area contributed by atoms with E-state index in [1.54, 1.807) is 30.5 Å². The van der Waals surface area contributed by atoms with Gasteiger partial charge in [0.25, 0.3) is 5.56 Å². The van der Waals surface area contributed by atoms with E-state index in [4.69, 9.17) is 0 Å². The number of fused-ring (bicyclic) bond motifs is 3. The largest absolute Gasteiger partial charge is 0.416 e. The van der Waals surface area contributed by atoms with Crippen molar-refractivity contribution >= 4 is 33.2 Å². The van der Waals surface area contributed by atoms with Crippen LogP contribution in [0.15, 0.2) is 83.9 Å². The third kappa shape index (κ3) is 3.89. The van der Waals surface area contributed by atoms with Gasteiger partial charge in [0, 0.05) is 34.4 Å². The molecule has 0 aliphatic carbocycles. The number of pyridine rings is 3. The molecule has 3 heterocycles. The van der Waals surface area contributed by atoms with Gasteiger partial charge in [0.2, 0.25) is 5.95 Å². The lowest BCUT2D eigenvalue weighted by atomic mass is 10.1. The molecule has 0 fully saturated rings. The molecule has 0 atom stereocenters. The van der Waals surface area contributed by atoms with Gasteiger partial charge in [0.15, 0.2) is 0 Å². The van der Waals surface area contributed by atoms with Gasteiger partial charge in [-0.15, -0.1) is 0 Å². The first-order valence-electron chi connectivity index (χ1n) is 9.80. The SMILES string of the molecule is O=c1ccc2cnc3ccc(Nc4ccc(F)nc4)cc3c2n1-c1cccc(C(F)(F)F)c1. The molecule has 0 saturated carbocycles. The van der Waals surface area contributed by atoms with E-state index in [1.807, 2.05) is 0 Å². The molecule has 0 unspecified atom stereocenters. The third-order valence-electron chi connectivity index (χ3n) is 5.17. The molecule has 2 aromatic carbocycles. The summed E-state index contributed by atoms with van der Waals surface area (Å²) in [7, 11) is 0. The highest BCUT2D eigenvalue weighted by Crippen LogP contribution is 2.32. The van der Waals surface area contributed by atoms with Gasteiger partial charge in [0.05, 0.1) is 28.5 Å². The zero-order valence-electron chi connectivity index (χ0n) is 16.8. The van der Waals surface area contributed by atoms with Crippen molar-refractivity contribution in [2.45, 2.75) is 6.18 Å². The van der Waals surface area contributed by atoms with Crippen LogP contribution in [0.1, 0.15) is 5.56 Å². The van der Waals surface area contributed by atoms with Gasteiger partial charge in [-0.2, -0.15) is 17.6 Å². The fraction of sp³-hybridized carbons (Fsp3) is 0.0417. The van der Waals surface area contributed by atoms with E-state index in [0.29, 0.717) is 33.2 Å². The summed E-state index contributed by atoms with van der Waals surface area (Å²) < 4.78 is 54.3. The Balaban J connectivity index is 1.74. The minimum Gasteiger partial charge on any atom is -0.354 e. The van der Waals surface area contributed by atoms with Crippen LogP contribution in [0.4, 0.5) is 28.9 Å². The first kappa shape index (κ1) is 20.6. The second-order valence-corrected chi connectivity index (χ2v) is 7.34. The van der Waals surface area contributed by atoms with Crippen molar-refractivity contribution in [3.8, 4) is 5.69 Å². The minimum atomic E-state index is -4.55. The van der Waals surface area contributed by atoms with Crippen LogP contribution >= 0.6 is 0 Å². The summed E-state index contributed by atoms with van der Waals surface area (Å²) in [4.78, 5) is 20.9. The van der Waals surface area contributed by atoms with Crippen LogP contribution in [-0.4, -0.2) is 14.5 Å². The standard InChI is InChI=1S/C24H14F4N4O/c25-21-8-6-17(13-30-21)31-16-5-7-20-19(11-16)23-14(12-29-20)4-9-22(33)32(23)18-3-1-2-15(10-18)24(26,27)28/h1-13,31H. The molecule has 0 spiro atoms. The summed E-state index contributed by atoms with van der Waals surface area (Å²) in [5, 5.41) is 4.24. The van der Waals surface area contributed by atoms with Crippen molar-refractivity contribution in [3.05, 3.63) is 101 Å². The zero-order chi connectivity index (χ0) is 23.2. The average molecular weight is 450 g/mol. The van der Waals surface area contributed by atoms with Gasteiger partial charge >= 0.3 is 6.18 Å². The Hall–Kier alpha value is -4.27. The number of alkyl halides is 3. The number of halogens is 4. The van der Waals surface area contributed by atoms with E-state index >= 15 is 0 Å². The molecule has 0 saturated heterocycles. The second kappa shape index (κ2) is 7.70. The number of nitrogens with one attached hydrogen (secondary N) is 1. The minimum absolute atomic E-state index is 0.0917. The maximum Gasteiger partial charge on any atom is 0.416 e. The van der Waals surface area contributed by atoms with Crippen LogP contribution in [0.25, 0.3) is 27.5 Å². The molecule has 0 aliphatic rings. The average Bonchev–Trinajstić information content (AvgIpc) is 2.80. The molecule has 0 aliphatic heterocycles. The first-order valence-corrected chi connectivity index (χ1v) is 9.80. The van der Waals surface area contributed by atoms with Gasteiger partial charge < -0.3 is 5.32 Å². The lowest BCUT2D eigenvalue weighted by Gasteiger charge is -2.15. The summed E-state index contributed by atoms with van der Waals surface area (Å²) in [6.45, 7) is 0. The quantitative estimate of drug-likeness (QED) is 0.213. The van der Waals surface area contributed by atoms with Gasteiger partial charge in [0.1, 0.15) is 0 Å². The number of anilines is 2. The van der Waals surface area contributed by atoms with Gasteiger partial charge in [-0.05, 0) is 54.6 Å². The van der Waals surface area contributed by atoms with Crippen molar-refractivity contribution in [1.82, 2.24) is 14.5 Å². The fourth-order valence-electron chi connectivity index (χ4n) is 3.68. The number of benzene rings is 2. The summed E-state index contributed by atoms with van der Waals surface area (Å²) in [6, 6.07) is 15.4. The monoisotopic (exact) mass is 450 g/mol. The molecule has 9 heteroatoms. The number of hydrogen-bond donors (Lipinski definition) is 1. The highest BCUT2D eigenvalue weighted by atomic mass is 19.4. The van der Waals surface area contributed by atoms with Crippen molar-refractivity contribution < 1.29 is 17.6 Å². The zero-order valence-corrected chi connectivity index (χ0v) is 16.8. The predicted molar refractivity (Wildman–Crippen MR) is 117 cm³/mol. The summed E-state index contributed by atoms with van der Waals surface area (Å²) in [5.74, 6) is -0.612. The number of hydrogen-bond acceptors (Lipinski definition) is 4. The number of nitrogens with zero attached hydrogens (tertiary/aromatic N) is 3. The van der Waals surface area contributed by atoms with Crippen molar-refractivity contribution in [2.75, 3.05) is 5.32 Å². The van der Waals surface area contributed by atoms with E-state index in [1.165, 1.54) is 41.1 Å². The second-order valence-electron chi connectivity index (χ2n) is 7.34. The van der Waals surface area contributed by atoms with Crippen LogP contribution in [-0.2, 0) is 6.18 Å². The normalized spacial score (nSPS) is 11.8. The summed E-state index contributed by atoms with van der Waals surface area (Å²) >= 11 is 0. The smallest absolute Gasteiger partial charge is 0.354 e. The summed E-state index contributed by atoms with van der Waals surface area (Å²) in [6.07, 6.45) is -1.65. The third-order valence-corrected chi connectivity index (χ3v) is 5.17. The lowest BCUT2D eigenvalue weighted by Crippen LogP contribution is -2.18. The molecule has 33 heavy (non-hydrogen) atoms. The van der Waals surface area contributed by atoms with Crippen LogP contribution in [0.2, 0.25) is 0 Å². The maximum absolute atomic E-state index is 13.3. The van der Waals surface area contributed by atoms with Gasteiger partial charge in [-0.25, -0.2) is 4.98 Å². The van der Waals surface area contributed by atoms with Crippen LogP contribution in [0, 0.1) is 5.95 Å². The molecule has 5 rings (SSSR count). The number of aromatic nitrogens is 3. The van der Waals surface area contributed by atoms with E-state index < -0.39 is 23.2 Å². The predicted octanol–water partition coefficient (Wildman–Crippen LogP) is 5.84. The van der Waals surface area contributed by atoms with E-state index in [9.17, 15) is 22.4 Å². The molecule has 1 N–H and O–H groups in total. The van der Waals surface area contributed by atoms with Crippen molar-refractivity contribution in [2.24, 2.45) is 0 Å². The van der Waals surface area contributed by atoms with Gasteiger partial charge in [-0.1, -0.05) is 6.07 Å². The highest BCUT2D eigenvalue weighted by molar-refractivity contribution is 6.05. The van der Waals surface area contributed by atoms with Crippen LogP contribution in [0.3, 0.4) is 0 Å².